The normalized spacial score (nSPS) is 15.5. The highest BCUT2D eigenvalue weighted by Crippen LogP contribution is 2.28. The zero-order chi connectivity index (χ0) is 13.9. The van der Waals surface area contributed by atoms with E-state index < -0.39 is 0 Å². The van der Waals surface area contributed by atoms with Crippen molar-refractivity contribution in [3.63, 3.8) is 0 Å². The number of anilines is 1. The van der Waals surface area contributed by atoms with E-state index >= 15 is 0 Å². The van der Waals surface area contributed by atoms with E-state index in [0.717, 1.165) is 24.9 Å². The van der Waals surface area contributed by atoms with Crippen LogP contribution in [0, 0.1) is 0 Å². The fourth-order valence-electron chi connectivity index (χ4n) is 2.45. The Hall–Kier alpha value is -1.88. The molecule has 3 rings (SSSR count). The van der Waals surface area contributed by atoms with Gasteiger partial charge in [-0.15, -0.1) is 0 Å². The average Bonchev–Trinajstić information content (AvgIpc) is 2.97. The van der Waals surface area contributed by atoms with Crippen molar-refractivity contribution in [3.05, 3.63) is 29.6 Å². The number of hydrogen-bond acceptors (Lipinski definition) is 5. The highest BCUT2D eigenvalue weighted by atomic mass is 16.5. The Morgan fingerprint density at radius 2 is 2.35 bits per heavy atom. The highest BCUT2D eigenvalue weighted by molar-refractivity contribution is 5.63. The predicted octanol–water partition coefficient (Wildman–Crippen LogP) is 3.19. The van der Waals surface area contributed by atoms with Gasteiger partial charge in [0.15, 0.2) is 0 Å². The summed E-state index contributed by atoms with van der Waals surface area (Å²) in [6.07, 6.45) is 2.11. The van der Waals surface area contributed by atoms with Gasteiger partial charge in [-0.25, -0.2) is 0 Å². The quantitative estimate of drug-likeness (QED) is 0.927. The first-order valence-corrected chi connectivity index (χ1v) is 7.10. The number of hydrogen-bond donors (Lipinski definition) is 1. The zero-order valence-electron chi connectivity index (χ0n) is 11.8. The van der Waals surface area contributed by atoms with Gasteiger partial charge in [0, 0.05) is 24.4 Å². The predicted molar refractivity (Wildman–Crippen MR) is 76.6 cm³/mol. The molecule has 0 amide bonds. The lowest BCUT2D eigenvalue weighted by molar-refractivity contribution is 0.0683. The van der Waals surface area contributed by atoms with E-state index in [1.165, 1.54) is 11.3 Å². The summed E-state index contributed by atoms with van der Waals surface area (Å²) in [5, 5.41) is 7.39. The molecule has 1 atom stereocenters. The first kappa shape index (κ1) is 13.1. The molecule has 5 heteroatoms. The van der Waals surface area contributed by atoms with Crippen molar-refractivity contribution in [2.75, 3.05) is 18.5 Å². The van der Waals surface area contributed by atoms with Crippen LogP contribution >= 0.6 is 0 Å². The van der Waals surface area contributed by atoms with Crippen LogP contribution in [0.5, 0.6) is 0 Å². The summed E-state index contributed by atoms with van der Waals surface area (Å²) in [4.78, 5) is 4.42. The summed E-state index contributed by atoms with van der Waals surface area (Å²) in [5.41, 5.74) is 3.49. The summed E-state index contributed by atoms with van der Waals surface area (Å²) >= 11 is 0. The lowest BCUT2D eigenvalue weighted by Gasteiger charge is -2.17. The minimum absolute atomic E-state index is 0.142. The monoisotopic (exact) mass is 273 g/mol. The summed E-state index contributed by atoms with van der Waals surface area (Å²) < 4.78 is 10.8. The maximum absolute atomic E-state index is 5.47. The van der Waals surface area contributed by atoms with Crippen LogP contribution in [0.25, 0.3) is 11.5 Å². The maximum atomic E-state index is 5.47. The van der Waals surface area contributed by atoms with Gasteiger partial charge in [-0.3, -0.25) is 0 Å². The molecule has 20 heavy (non-hydrogen) atoms. The molecule has 0 bridgehead atoms. The van der Waals surface area contributed by atoms with Crippen LogP contribution in [0.3, 0.4) is 0 Å². The molecule has 0 saturated carbocycles. The van der Waals surface area contributed by atoms with Gasteiger partial charge in [-0.1, -0.05) is 5.16 Å². The average molecular weight is 273 g/mol. The Bertz CT molecular complexity index is 595. The Labute approximate surface area is 118 Å². The van der Waals surface area contributed by atoms with E-state index in [4.69, 9.17) is 9.26 Å². The molecule has 1 unspecified atom stereocenters. The van der Waals surface area contributed by atoms with Crippen molar-refractivity contribution < 1.29 is 9.26 Å². The molecule has 1 N–H and O–H groups in total. The molecule has 1 aromatic heterocycles. The lowest BCUT2D eigenvalue weighted by Crippen LogP contribution is -2.11. The van der Waals surface area contributed by atoms with Gasteiger partial charge in [-0.2, -0.15) is 4.98 Å². The molecule has 1 aliphatic heterocycles. The SMILES string of the molecule is CCOC(C)c1noc(-c2ccc3c(c2)CCCN3)n1. The van der Waals surface area contributed by atoms with Crippen molar-refractivity contribution in [2.45, 2.75) is 32.8 Å². The Morgan fingerprint density at radius 1 is 1.45 bits per heavy atom. The van der Waals surface area contributed by atoms with Crippen molar-refractivity contribution in [1.29, 1.82) is 0 Å². The van der Waals surface area contributed by atoms with Crippen LogP contribution in [0.1, 0.15) is 37.8 Å². The number of benzene rings is 1. The highest BCUT2D eigenvalue weighted by Gasteiger charge is 2.16. The second-order valence-corrected chi connectivity index (χ2v) is 4.96. The van der Waals surface area contributed by atoms with Crippen LogP contribution in [0.15, 0.2) is 22.7 Å². The van der Waals surface area contributed by atoms with Crippen molar-refractivity contribution in [3.8, 4) is 11.5 Å². The number of aromatic nitrogens is 2. The Morgan fingerprint density at radius 3 is 3.20 bits per heavy atom. The van der Waals surface area contributed by atoms with Gasteiger partial charge >= 0.3 is 0 Å². The molecule has 2 aromatic rings. The molecule has 106 valence electrons. The molecule has 0 saturated heterocycles. The maximum Gasteiger partial charge on any atom is 0.258 e. The third-order valence-electron chi connectivity index (χ3n) is 3.51. The molecule has 5 nitrogen and oxygen atoms in total. The van der Waals surface area contributed by atoms with Crippen LogP contribution in [0.2, 0.25) is 0 Å². The van der Waals surface area contributed by atoms with Crippen molar-refractivity contribution >= 4 is 5.69 Å². The number of ether oxygens (including phenoxy) is 1. The van der Waals surface area contributed by atoms with Gasteiger partial charge in [0.25, 0.3) is 5.89 Å². The lowest BCUT2D eigenvalue weighted by atomic mass is 10.0. The number of fused-ring (bicyclic) bond motifs is 1. The second-order valence-electron chi connectivity index (χ2n) is 4.96. The standard InChI is InChI=1S/C15H19N3O2/c1-3-19-10(2)14-17-15(20-18-14)12-6-7-13-11(9-12)5-4-8-16-13/h6-7,9-10,16H,3-5,8H2,1-2H3. The summed E-state index contributed by atoms with van der Waals surface area (Å²) in [6, 6.07) is 6.23. The minimum atomic E-state index is -0.142. The third kappa shape index (κ3) is 2.54. The van der Waals surface area contributed by atoms with E-state index in [2.05, 4.69) is 27.6 Å². The third-order valence-corrected chi connectivity index (χ3v) is 3.51. The molecule has 0 spiro atoms. The zero-order valence-corrected chi connectivity index (χ0v) is 11.8. The smallest absolute Gasteiger partial charge is 0.258 e. The molecule has 0 fully saturated rings. The number of aryl methyl sites for hydroxylation is 1. The molecule has 1 aliphatic rings. The van der Waals surface area contributed by atoms with Gasteiger partial charge in [0.2, 0.25) is 5.82 Å². The van der Waals surface area contributed by atoms with E-state index in [9.17, 15) is 0 Å². The number of nitrogens with one attached hydrogen (secondary N) is 1. The van der Waals surface area contributed by atoms with Crippen LogP contribution < -0.4 is 5.32 Å². The van der Waals surface area contributed by atoms with Gasteiger partial charge in [-0.05, 0) is 50.5 Å². The van der Waals surface area contributed by atoms with E-state index in [1.807, 2.05) is 19.9 Å². The number of rotatable bonds is 4. The molecular weight excluding hydrogens is 254 g/mol. The molecule has 2 heterocycles. The van der Waals surface area contributed by atoms with Gasteiger partial charge < -0.3 is 14.6 Å². The summed E-state index contributed by atoms with van der Waals surface area (Å²) in [6.45, 7) is 5.56. The topological polar surface area (TPSA) is 60.2 Å². The molecular formula is C15H19N3O2. The van der Waals surface area contributed by atoms with Gasteiger partial charge in [0.1, 0.15) is 6.10 Å². The molecule has 0 aliphatic carbocycles. The Balaban J connectivity index is 1.86. The second kappa shape index (κ2) is 5.63. The summed E-state index contributed by atoms with van der Waals surface area (Å²) in [5.74, 6) is 1.15. The van der Waals surface area contributed by atoms with Gasteiger partial charge in [0.05, 0.1) is 0 Å². The molecule has 1 aromatic carbocycles. The van der Waals surface area contributed by atoms with Crippen LogP contribution in [-0.2, 0) is 11.2 Å². The summed E-state index contributed by atoms with van der Waals surface area (Å²) in [7, 11) is 0. The fourth-order valence-corrected chi connectivity index (χ4v) is 2.45. The van der Waals surface area contributed by atoms with E-state index in [1.54, 1.807) is 0 Å². The first-order chi connectivity index (χ1) is 9.78. The van der Waals surface area contributed by atoms with Crippen molar-refractivity contribution in [2.24, 2.45) is 0 Å². The number of nitrogens with zero attached hydrogens (tertiary/aromatic N) is 2. The molecule has 0 radical (unpaired) electrons. The van der Waals surface area contributed by atoms with E-state index in [-0.39, 0.29) is 6.10 Å². The van der Waals surface area contributed by atoms with Crippen LogP contribution in [-0.4, -0.2) is 23.3 Å². The largest absolute Gasteiger partial charge is 0.385 e. The van der Waals surface area contributed by atoms with Crippen molar-refractivity contribution in [1.82, 2.24) is 10.1 Å². The fraction of sp³-hybridized carbons (Fsp3) is 0.467. The minimum Gasteiger partial charge on any atom is -0.385 e. The first-order valence-electron chi connectivity index (χ1n) is 7.10. The van der Waals surface area contributed by atoms with E-state index in [0.29, 0.717) is 18.3 Å². The Kier molecular flexibility index (Phi) is 3.69. The van der Waals surface area contributed by atoms with Crippen LogP contribution in [0.4, 0.5) is 5.69 Å².